The van der Waals surface area contributed by atoms with Crippen LogP contribution < -0.4 is 4.74 Å². The van der Waals surface area contributed by atoms with Crippen molar-refractivity contribution in [2.24, 2.45) is 0 Å². The van der Waals surface area contributed by atoms with Gasteiger partial charge in [0.1, 0.15) is 5.75 Å². The fraction of sp³-hybridized carbons (Fsp3) is 0.250. The van der Waals surface area contributed by atoms with Gasteiger partial charge in [-0.1, -0.05) is 19.1 Å². The second-order valence-electron chi connectivity index (χ2n) is 4.57. The number of pyridine rings is 1. The summed E-state index contributed by atoms with van der Waals surface area (Å²) in [5.74, 6) is -1.80. The van der Waals surface area contributed by atoms with Crippen molar-refractivity contribution < 1.29 is 18.3 Å². The number of benzene rings is 1. The molecule has 0 fully saturated rings. The Labute approximate surface area is 121 Å². The highest BCUT2D eigenvalue weighted by Gasteiger charge is 2.14. The molecule has 110 valence electrons. The number of hydrogen-bond donors (Lipinski definition) is 0. The minimum atomic E-state index is -0.989. The van der Waals surface area contributed by atoms with E-state index in [-0.39, 0.29) is 17.8 Å². The van der Waals surface area contributed by atoms with Crippen LogP contribution in [0.5, 0.6) is 5.75 Å². The molecular weight excluding hydrogens is 276 g/mol. The van der Waals surface area contributed by atoms with Gasteiger partial charge in [0.2, 0.25) is 0 Å². The van der Waals surface area contributed by atoms with E-state index in [0.29, 0.717) is 17.9 Å². The monoisotopic (exact) mass is 291 g/mol. The summed E-state index contributed by atoms with van der Waals surface area (Å²) in [7, 11) is 0. The third-order valence-electron chi connectivity index (χ3n) is 2.89. The van der Waals surface area contributed by atoms with E-state index in [1.807, 2.05) is 6.92 Å². The second-order valence-corrected chi connectivity index (χ2v) is 4.57. The SMILES string of the molecule is CCCOc1cncc(C(=O)Cc2cccc(F)c2F)c1. The van der Waals surface area contributed by atoms with Gasteiger partial charge >= 0.3 is 0 Å². The van der Waals surface area contributed by atoms with Crippen molar-refractivity contribution in [1.29, 1.82) is 0 Å². The Morgan fingerprint density at radius 3 is 2.86 bits per heavy atom. The number of nitrogens with zero attached hydrogens (tertiary/aromatic N) is 1. The van der Waals surface area contributed by atoms with Crippen molar-refractivity contribution in [1.82, 2.24) is 4.98 Å². The van der Waals surface area contributed by atoms with Crippen LogP contribution >= 0.6 is 0 Å². The number of Topliss-reactive ketones (excluding diaryl/α,β-unsaturated/α-hetero) is 1. The highest BCUT2D eigenvalue weighted by molar-refractivity contribution is 5.97. The zero-order valence-electron chi connectivity index (χ0n) is 11.6. The fourth-order valence-corrected chi connectivity index (χ4v) is 1.83. The zero-order chi connectivity index (χ0) is 15.2. The average molecular weight is 291 g/mol. The molecule has 5 heteroatoms. The lowest BCUT2D eigenvalue weighted by atomic mass is 10.0. The summed E-state index contributed by atoms with van der Waals surface area (Å²) in [6.07, 6.45) is 3.52. The summed E-state index contributed by atoms with van der Waals surface area (Å²) >= 11 is 0. The lowest BCUT2D eigenvalue weighted by Crippen LogP contribution is -2.07. The maximum atomic E-state index is 13.6. The molecule has 2 aromatic rings. The van der Waals surface area contributed by atoms with E-state index in [1.54, 1.807) is 6.07 Å². The highest BCUT2D eigenvalue weighted by atomic mass is 19.2. The van der Waals surface area contributed by atoms with Crippen LogP contribution in [0.25, 0.3) is 0 Å². The molecule has 3 nitrogen and oxygen atoms in total. The number of halogens is 2. The molecule has 0 aliphatic rings. The maximum Gasteiger partial charge on any atom is 0.169 e. The van der Waals surface area contributed by atoms with Crippen LogP contribution in [0.15, 0.2) is 36.7 Å². The molecular formula is C16H15F2NO2. The zero-order valence-corrected chi connectivity index (χ0v) is 11.6. The first-order valence-electron chi connectivity index (χ1n) is 6.65. The average Bonchev–Trinajstić information content (AvgIpc) is 2.50. The Kier molecular flexibility index (Phi) is 4.98. The summed E-state index contributed by atoms with van der Waals surface area (Å²) in [6.45, 7) is 2.49. The van der Waals surface area contributed by atoms with Crippen molar-refractivity contribution in [3.8, 4) is 5.75 Å². The Balaban J connectivity index is 2.15. The first kappa shape index (κ1) is 15.1. The largest absolute Gasteiger partial charge is 0.492 e. The van der Waals surface area contributed by atoms with E-state index in [1.165, 1.54) is 24.5 Å². The number of hydrogen-bond acceptors (Lipinski definition) is 3. The summed E-state index contributed by atoms with van der Waals surface area (Å²) in [5, 5.41) is 0. The lowest BCUT2D eigenvalue weighted by Gasteiger charge is -2.06. The van der Waals surface area contributed by atoms with Crippen molar-refractivity contribution in [2.75, 3.05) is 6.61 Å². The molecule has 0 saturated carbocycles. The summed E-state index contributed by atoms with van der Waals surface area (Å²) in [6, 6.07) is 5.34. The van der Waals surface area contributed by atoms with Crippen LogP contribution in [-0.4, -0.2) is 17.4 Å². The van der Waals surface area contributed by atoms with Gasteiger partial charge in [0.05, 0.1) is 12.8 Å². The first-order valence-corrected chi connectivity index (χ1v) is 6.65. The maximum absolute atomic E-state index is 13.6. The quantitative estimate of drug-likeness (QED) is 0.764. The Bertz CT molecular complexity index is 644. The van der Waals surface area contributed by atoms with E-state index in [2.05, 4.69) is 4.98 Å². The number of rotatable bonds is 6. The van der Waals surface area contributed by atoms with Crippen LogP contribution in [0.2, 0.25) is 0 Å². The fourth-order valence-electron chi connectivity index (χ4n) is 1.83. The van der Waals surface area contributed by atoms with E-state index in [4.69, 9.17) is 4.74 Å². The molecule has 0 radical (unpaired) electrons. The Morgan fingerprint density at radius 1 is 1.29 bits per heavy atom. The molecule has 0 aliphatic carbocycles. The Hall–Kier alpha value is -2.30. The van der Waals surface area contributed by atoms with Gasteiger partial charge in [-0.05, 0) is 24.1 Å². The molecule has 0 N–H and O–H groups in total. The van der Waals surface area contributed by atoms with Crippen LogP contribution in [0.1, 0.15) is 29.3 Å². The molecule has 0 amide bonds. The smallest absolute Gasteiger partial charge is 0.169 e. The normalized spacial score (nSPS) is 10.4. The van der Waals surface area contributed by atoms with Crippen LogP contribution in [0.4, 0.5) is 8.78 Å². The first-order chi connectivity index (χ1) is 10.1. The lowest BCUT2D eigenvalue weighted by molar-refractivity contribution is 0.0991. The molecule has 1 aromatic carbocycles. The van der Waals surface area contributed by atoms with Crippen molar-refractivity contribution in [3.05, 3.63) is 59.4 Å². The van der Waals surface area contributed by atoms with Gasteiger partial charge in [-0.25, -0.2) is 8.78 Å². The predicted octanol–water partition coefficient (Wildman–Crippen LogP) is 3.57. The van der Waals surface area contributed by atoms with Gasteiger partial charge in [0, 0.05) is 18.2 Å². The second kappa shape index (κ2) is 6.92. The molecule has 0 unspecified atom stereocenters. The predicted molar refractivity (Wildman–Crippen MR) is 74.4 cm³/mol. The third-order valence-corrected chi connectivity index (χ3v) is 2.89. The van der Waals surface area contributed by atoms with Crippen molar-refractivity contribution in [3.63, 3.8) is 0 Å². The summed E-state index contributed by atoms with van der Waals surface area (Å²) in [4.78, 5) is 16.0. The van der Waals surface area contributed by atoms with Gasteiger partial charge in [-0.3, -0.25) is 9.78 Å². The van der Waals surface area contributed by atoms with Gasteiger partial charge in [0.15, 0.2) is 17.4 Å². The molecule has 0 saturated heterocycles. The molecule has 21 heavy (non-hydrogen) atoms. The van der Waals surface area contributed by atoms with E-state index in [9.17, 15) is 13.6 Å². The number of carbonyl (C=O) groups excluding carboxylic acids is 1. The van der Waals surface area contributed by atoms with Crippen LogP contribution in [0.3, 0.4) is 0 Å². The molecule has 1 aromatic heterocycles. The van der Waals surface area contributed by atoms with Gasteiger partial charge < -0.3 is 4.74 Å². The topological polar surface area (TPSA) is 39.2 Å². The molecule has 2 rings (SSSR count). The molecule has 0 spiro atoms. The number of aromatic nitrogens is 1. The van der Waals surface area contributed by atoms with Gasteiger partial charge in [0.25, 0.3) is 0 Å². The summed E-state index contributed by atoms with van der Waals surface area (Å²) < 4.78 is 32.1. The van der Waals surface area contributed by atoms with Crippen LogP contribution in [0, 0.1) is 11.6 Å². The minimum absolute atomic E-state index is 0.0277. The van der Waals surface area contributed by atoms with E-state index in [0.717, 1.165) is 12.5 Å². The highest BCUT2D eigenvalue weighted by Crippen LogP contribution is 2.17. The summed E-state index contributed by atoms with van der Waals surface area (Å²) in [5.41, 5.74) is 0.340. The number of ether oxygens (including phenoxy) is 1. The van der Waals surface area contributed by atoms with E-state index < -0.39 is 11.6 Å². The molecule has 0 bridgehead atoms. The van der Waals surface area contributed by atoms with Crippen molar-refractivity contribution in [2.45, 2.75) is 19.8 Å². The standard InChI is InChI=1S/C16H15F2NO2/c1-2-6-21-13-7-12(9-19-10-13)15(20)8-11-4-3-5-14(17)16(11)18/h3-5,7,9-10H,2,6,8H2,1H3. The minimum Gasteiger partial charge on any atom is -0.492 e. The third kappa shape index (κ3) is 3.84. The number of ketones is 1. The molecule has 1 heterocycles. The Morgan fingerprint density at radius 2 is 2.10 bits per heavy atom. The van der Waals surface area contributed by atoms with Crippen molar-refractivity contribution >= 4 is 5.78 Å². The molecule has 0 atom stereocenters. The number of carbonyl (C=O) groups is 1. The molecule has 0 aliphatic heterocycles. The van der Waals surface area contributed by atoms with Crippen LogP contribution in [-0.2, 0) is 6.42 Å². The van der Waals surface area contributed by atoms with Gasteiger partial charge in [-0.15, -0.1) is 0 Å². The van der Waals surface area contributed by atoms with Gasteiger partial charge in [-0.2, -0.15) is 0 Å². The van der Waals surface area contributed by atoms with E-state index >= 15 is 0 Å².